The Bertz CT molecular complexity index is 383. The standard InChI is InChI=1S/C6H3Br2FN2O2/c7-2-1-3(9)5(10)4(8)6(2)11(12)13/h1H,10H2. The van der Waals surface area contributed by atoms with Crippen molar-refractivity contribution >= 4 is 43.2 Å². The Labute approximate surface area is 89.3 Å². The van der Waals surface area contributed by atoms with Gasteiger partial charge < -0.3 is 5.73 Å². The van der Waals surface area contributed by atoms with Crippen LogP contribution in [0.4, 0.5) is 15.8 Å². The molecule has 13 heavy (non-hydrogen) atoms. The van der Waals surface area contributed by atoms with Crippen molar-refractivity contribution in [2.45, 2.75) is 0 Å². The van der Waals surface area contributed by atoms with Gasteiger partial charge in [-0.3, -0.25) is 10.1 Å². The Hall–Kier alpha value is -0.690. The maximum atomic E-state index is 12.9. The SMILES string of the molecule is Nc1c(F)cc(Br)c([N+](=O)[O-])c1Br. The molecule has 0 aliphatic heterocycles. The molecule has 0 atom stereocenters. The van der Waals surface area contributed by atoms with Crippen LogP contribution in [0.25, 0.3) is 0 Å². The molecule has 0 aliphatic rings. The fourth-order valence-corrected chi connectivity index (χ4v) is 2.12. The van der Waals surface area contributed by atoms with Gasteiger partial charge in [0.1, 0.15) is 10.3 Å². The molecule has 2 N–H and O–H groups in total. The Balaban J connectivity index is 3.53. The molecule has 0 unspecified atom stereocenters. The van der Waals surface area contributed by atoms with Crippen molar-refractivity contribution in [3.63, 3.8) is 0 Å². The van der Waals surface area contributed by atoms with Crippen LogP contribution in [0.5, 0.6) is 0 Å². The number of nitrogens with zero attached hydrogens (tertiary/aromatic N) is 1. The van der Waals surface area contributed by atoms with Crippen molar-refractivity contribution in [3.8, 4) is 0 Å². The molecule has 1 rings (SSSR count). The Morgan fingerprint density at radius 2 is 2.08 bits per heavy atom. The molecule has 0 amide bonds. The van der Waals surface area contributed by atoms with Gasteiger partial charge in [0.25, 0.3) is 5.69 Å². The third kappa shape index (κ3) is 1.80. The van der Waals surface area contributed by atoms with Crippen LogP contribution in [0, 0.1) is 15.9 Å². The average molecular weight is 314 g/mol. The molecule has 7 heteroatoms. The predicted octanol–water partition coefficient (Wildman–Crippen LogP) is 2.84. The second-order valence-corrected chi connectivity index (χ2v) is 3.82. The second kappa shape index (κ2) is 3.59. The number of hydrogen-bond acceptors (Lipinski definition) is 3. The molecule has 1 aromatic carbocycles. The highest BCUT2D eigenvalue weighted by Gasteiger charge is 2.22. The molecule has 0 aromatic heterocycles. The van der Waals surface area contributed by atoms with E-state index in [0.717, 1.165) is 6.07 Å². The van der Waals surface area contributed by atoms with Gasteiger partial charge in [-0.15, -0.1) is 0 Å². The molecule has 0 bridgehead atoms. The lowest BCUT2D eigenvalue weighted by Gasteiger charge is -2.02. The zero-order valence-electron chi connectivity index (χ0n) is 6.05. The summed E-state index contributed by atoms with van der Waals surface area (Å²) < 4.78 is 12.9. The number of halogens is 3. The first-order valence-corrected chi connectivity index (χ1v) is 4.61. The molecule has 1 aromatic rings. The fourth-order valence-electron chi connectivity index (χ4n) is 0.762. The van der Waals surface area contributed by atoms with Crippen LogP contribution in [-0.2, 0) is 0 Å². The first-order valence-electron chi connectivity index (χ1n) is 3.02. The topological polar surface area (TPSA) is 69.2 Å². The molecule has 4 nitrogen and oxygen atoms in total. The Morgan fingerprint density at radius 1 is 1.54 bits per heavy atom. The van der Waals surface area contributed by atoms with Crippen molar-refractivity contribution in [3.05, 3.63) is 30.9 Å². The molecule has 0 spiro atoms. The number of hydrogen-bond donors (Lipinski definition) is 1. The van der Waals surface area contributed by atoms with E-state index in [1.807, 2.05) is 0 Å². The molecule has 0 aliphatic carbocycles. The van der Waals surface area contributed by atoms with Crippen LogP contribution >= 0.6 is 31.9 Å². The van der Waals surface area contributed by atoms with Gasteiger partial charge in [-0.25, -0.2) is 4.39 Å². The summed E-state index contributed by atoms with van der Waals surface area (Å²) in [6.45, 7) is 0. The highest BCUT2D eigenvalue weighted by molar-refractivity contribution is 9.11. The van der Waals surface area contributed by atoms with Gasteiger partial charge >= 0.3 is 0 Å². The van der Waals surface area contributed by atoms with Gasteiger partial charge in [0, 0.05) is 0 Å². The van der Waals surface area contributed by atoms with E-state index in [1.165, 1.54) is 0 Å². The summed E-state index contributed by atoms with van der Waals surface area (Å²) in [6.07, 6.45) is 0. The number of benzene rings is 1. The quantitative estimate of drug-likeness (QED) is 0.492. The number of anilines is 1. The molecule has 0 saturated heterocycles. The van der Waals surface area contributed by atoms with Crippen LogP contribution in [0.2, 0.25) is 0 Å². The molecule has 70 valence electrons. The maximum absolute atomic E-state index is 12.9. The lowest BCUT2D eigenvalue weighted by Crippen LogP contribution is -1.98. The van der Waals surface area contributed by atoms with Gasteiger partial charge in [-0.2, -0.15) is 0 Å². The lowest BCUT2D eigenvalue weighted by molar-refractivity contribution is -0.386. The number of nitrogens with two attached hydrogens (primary N) is 1. The molecular weight excluding hydrogens is 311 g/mol. The van der Waals surface area contributed by atoms with E-state index in [-0.39, 0.29) is 20.3 Å². The highest BCUT2D eigenvalue weighted by Crippen LogP contribution is 2.38. The number of rotatable bonds is 1. The highest BCUT2D eigenvalue weighted by atomic mass is 79.9. The van der Waals surface area contributed by atoms with Crippen LogP contribution < -0.4 is 5.73 Å². The first kappa shape index (κ1) is 10.4. The molecule has 0 saturated carbocycles. The minimum absolute atomic E-state index is 0.0515. The largest absolute Gasteiger partial charge is 0.395 e. The van der Waals surface area contributed by atoms with Crippen LogP contribution in [0.3, 0.4) is 0 Å². The summed E-state index contributed by atoms with van der Waals surface area (Å²) in [4.78, 5) is 9.82. The molecule has 0 heterocycles. The molecular formula is C6H3Br2FN2O2. The van der Waals surface area contributed by atoms with E-state index < -0.39 is 10.7 Å². The van der Waals surface area contributed by atoms with Crippen LogP contribution in [0.15, 0.2) is 15.0 Å². The lowest BCUT2D eigenvalue weighted by atomic mass is 10.3. The Kier molecular flexibility index (Phi) is 2.87. The van der Waals surface area contributed by atoms with E-state index in [2.05, 4.69) is 31.9 Å². The van der Waals surface area contributed by atoms with Gasteiger partial charge in [0.05, 0.1) is 15.1 Å². The summed E-state index contributed by atoms with van der Waals surface area (Å²) >= 11 is 5.71. The van der Waals surface area contributed by atoms with Crippen molar-refractivity contribution in [1.82, 2.24) is 0 Å². The number of nitrogen functional groups attached to an aromatic ring is 1. The molecule has 0 radical (unpaired) electrons. The summed E-state index contributed by atoms with van der Waals surface area (Å²) in [5, 5.41) is 10.5. The minimum Gasteiger partial charge on any atom is -0.395 e. The summed E-state index contributed by atoms with van der Waals surface area (Å²) in [6, 6.07) is 0.957. The van der Waals surface area contributed by atoms with Crippen molar-refractivity contribution in [2.24, 2.45) is 0 Å². The maximum Gasteiger partial charge on any atom is 0.299 e. The van der Waals surface area contributed by atoms with E-state index >= 15 is 0 Å². The first-order chi connectivity index (χ1) is 5.95. The normalized spacial score (nSPS) is 10.1. The van der Waals surface area contributed by atoms with Gasteiger partial charge in [0.15, 0.2) is 0 Å². The summed E-state index contributed by atoms with van der Waals surface area (Å²) in [7, 11) is 0. The van der Waals surface area contributed by atoms with Crippen molar-refractivity contribution < 1.29 is 9.31 Å². The van der Waals surface area contributed by atoms with E-state index in [1.54, 1.807) is 0 Å². The van der Waals surface area contributed by atoms with Crippen LogP contribution in [-0.4, -0.2) is 4.92 Å². The summed E-state index contributed by atoms with van der Waals surface area (Å²) in [5.41, 5.74) is 4.69. The average Bonchev–Trinajstić information content (AvgIpc) is 1.99. The monoisotopic (exact) mass is 312 g/mol. The fraction of sp³-hybridized carbons (Fsp3) is 0. The van der Waals surface area contributed by atoms with Crippen molar-refractivity contribution in [2.75, 3.05) is 5.73 Å². The predicted molar refractivity (Wildman–Crippen MR) is 52.9 cm³/mol. The van der Waals surface area contributed by atoms with E-state index in [9.17, 15) is 14.5 Å². The Morgan fingerprint density at radius 3 is 2.54 bits per heavy atom. The zero-order valence-corrected chi connectivity index (χ0v) is 9.22. The van der Waals surface area contributed by atoms with E-state index in [4.69, 9.17) is 5.73 Å². The molecule has 0 fully saturated rings. The zero-order chi connectivity index (χ0) is 10.2. The van der Waals surface area contributed by atoms with Crippen molar-refractivity contribution in [1.29, 1.82) is 0 Å². The summed E-state index contributed by atoms with van der Waals surface area (Å²) in [5.74, 6) is -0.704. The van der Waals surface area contributed by atoms with E-state index in [0.29, 0.717) is 0 Å². The smallest absolute Gasteiger partial charge is 0.299 e. The third-order valence-corrected chi connectivity index (χ3v) is 2.77. The number of nitro groups is 1. The third-order valence-electron chi connectivity index (χ3n) is 1.36. The number of nitro benzene ring substituents is 1. The minimum atomic E-state index is -0.704. The van der Waals surface area contributed by atoms with Gasteiger partial charge in [-0.05, 0) is 37.9 Å². The van der Waals surface area contributed by atoms with Gasteiger partial charge in [-0.1, -0.05) is 0 Å². The van der Waals surface area contributed by atoms with Crippen LogP contribution in [0.1, 0.15) is 0 Å². The van der Waals surface area contributed by atoms with Gasteiger partial charge in [0.2, 0.25) is 0 Å². The second-order valence-electron chi connectivity index (χ2n) is 2.17.